The van der Waals surface area contributed by atoms with Crippen molar-refractivity contribution in [2.24, 2.45) is 0 Å². The molecule has 1 heteroatoms. The minimum atomic E-state index is 0.245. The van der Waals surface area contributed by atoms with Gasteiger partial charge in [0.25, 0.3) is 0 Å². The summed E-state index contributed by atoms with van der Waals surface area (Å²) in [6.45, 7) is 2.11. The molecule has 1 unspecified atom stereocenters. The highest BCUT2D eigenvalue weighted by Gasteiger charge is 2.23. The maximum Gasteiger partial charge on any atom is 0.136 e. The summed E-state index contributed by atoms with van der Waals surface area (Å²) in [6.07, 6.45) is 6.36. The van der Waals surface area contributed by atoms with Crippen LogP contribution in [0.4, 0.5) is 0 Å². The number of hydrogen-bond donors (Lipinski definition) is 0. The Morgan fingerprint density at radius 3 is 2.48 bits per heavy atom. The predicted molar refractivity (Wildman–Crippen MR) is 121 cm³/mol. The molecule has 0 spiro atoms. The molecule has 138 valence electrons. The van der Waals surface area contributed by atoms with E-state index < -0.39 is 0 Å². The Bertz CT molecular complexity index is 1420. The summed E-state index contributed by atoms with van der Waals surface area (Å²) < 4.78 is 5.86. The van der Waals surface area contributed by atoms with Crippen LogP contribution in [0.1, 0.15) is 28.2 Å². The maximum atomic E-state index is 5.86. The molecule has 0 aliphatic heterocycles. The Morgan fingerprint density at radius 1 is 0.759 bits per heavy atom. The van der Waals surface area contributed by atoms with Crippen molar-refractivity contribution >= 4 is 27.6 Å². The molecule has 0 radical (unpaired) electrons. The van der Waals surface area contributed by atoms with E-state index in [1.807, 2.05) is 6.07 Å². The fraction of sp³-hybridized carbons (Fsp3) is 0.0714. The number of aryl methyl sites for hydroxylation is 1. The molecule has 0 saturated carbocycles. The predicted octanol–water partition coefficient (Wildman–Crippen LogP) is 7.72. The first-order valence-corrected chi connectivity index (χ1v) is 10.1. The quantitative estimate of drug-likeness (QED) is 0.289. The zero-order valence-electron chi connectivity index (χ0n) is 16.2. The van der Waals surface area contributed by atoms with Gasteiger partial charge in [-0.2, -0.15) is 0 Å². The molecule has 0 saturated heterocycles. The molecule has 1 aromatic heterocycles. The Morgan fingerprint density at radius 2 is 1.59 bits per heavy atom. The summed E-state index contributed by atoms with van der Waals surface area (Å²) in [4.78, 5) is 0. The topological polar surface area (TPSA) is 13.1 Å². The molecular formula is C28H20O. The summed E-state index contributed by atoms with van der Waals surface area (Å²) in [5.41, 5.74) is 6.33. The summed E-state index contributed by atoms with van der Waals surface area (Å²) >= 11 is 0. The number of hydrogen-bond acceptors (Lipinski definition) is 1. The SMILES string of the molecule is Cc1ccoc1-c1cc(C2C=Cc3ccccc32)c2c(ccc3ccccc32)c1. The van der Waals surface area contributed by atoms with E-state index in [1.54, 1.807) is 6.26 Å². The Labute approximate surface area is 169 Å². The summed E-state index contributed by atoms with van der Waals surface area (Å²) in [7, 11) is 0. The van der Waals surface area contributed by atoms with Crippen LogP contribution in [0.5, 0.6) is 0 Å². The molecule has 29 heavy (non-hydrogen) atoms. The van der Waals surface area contributed by atoms with Crippen molar-refractivity contribution in [3.05, 3.63) is 113 Å². The van der Waals surface area contributed by atoms with Gasteiger partial charge in [0.15, 0.2) is 0 Å². The van der Waals surface area contributed by atoms with Gasteiger partial charge in [0, 0.05) is 11.5 Å². The number of benzene rings is 4. The monoisotopic (exact) mass is 372 g/mol. The Hall–Kier alpha value is -3.58. The molecule has 0 bridgehead atoms. The van der Waals surface area contributed by atoms with Crippen LogP contribution in [-0.2, 0) is 0 Å². The molecule has 1 atom stereocenters. The third-order valence-electron chi connectivity index (χ3n) is 6.13. The van der Waals surface area contributed by atoms with Crippen LogP contribution in [0.15, 0.2) is 95.6 Å². The van der Waals surface area contributed by atoms with Gasteiger partial charge in [-0.05, 0) is 68.9 Å². The molecule has 1 aliphatic carbocycles. The largest absolute Gasteiger partial charge is 0.464 e. The number of furan rings is 1. The lowest BCUT2D eigenvalue weighted by atomic mass is 9.85. The molecule has 1 nitrogen and oxygen atoms in total. The van der Waals surface area contributed by atoms with Gasteiger partial charge in [0.05, 0.1) is 6.26 Å². The molecule has 0 N–H and O–H groups in total. The number of allylic oxidation sites excluding steroid dienone is 1. The van der Waals surface area contributed by atoms with E-state index in [9.17, 15) is 0 Å². The second kappa shape index (κ2) is 6.22. The summed E-state index contributed by atoms with van der Waals surface area (Å²) in [6, 6.07) is 28.5. The highest BCUT2D eigenvalue weighted by atomic mass is 16.3. The van der Waals surface area contributed by atoms with Gasteiger partial charge in [-0.15, -0.1) is 0 Å². The minimum Gasteiger partial charge on any atom is -0.464 e. The van der Waals surface area contributed by atoms with E-state index in [4.69, 9.17) is 4.42 Å². The van der Waals surface area contributed by atoms with Crippen LogP contribution < -0.4 is 0 Å². The lowest BCUT2D eigenvalue weighted by molar-refractivity contribution is 0.581. The lowest BCUT2D eigenvalue weighted by Gasteiger charge is -2.18. The Kier molecular flexibility index (Phi) is 3.51. The van der Waals surface area contributed by atoms with Gasteiger partial charge in [0.2, 0.25) is 0 Å². The van der Waals surface area contributed by atoms with Crippen LogP contribution >= 0.6 is 0 Å². The maximum absolute atomic E-state index is 5.86. The smallest absolute Gasteiger partial charge is 0.136 e. The first-order valence-electron chi connectivity index (χ1n) is 10.1. The van der Waals surface area contributed by atoms with Crippen molar-refractivity contribution < 1.29 is 4.42 Å². The van der Waals surface area contributed by atoms with E-state index >= 15 is 0 Å². The normalized spacial score (nSPS) is 15.3. The summed E-state index contributed by atoms with van der Waals surface area (Å²) in [5, 5.41) is 5.17. The molecule has 0 amide bonds. The van der Waals surface area contributed by atoms with Crippen molar-refractivity contribution in [1.29, 1.82) is 0 Å². The molecule has 1 aliphatic rings. The van der Waals surface area contributed by atoms with Crippen molar-refractivity contribution in [3.63, 3.8) is 0 Å². The average molecular weight is 372 g/mol. The van der Waals surface area contributed by atoms with Crippen LogP contribution in [0, 0.1) is 6.92 Å². The van der Waals surface area contributed by atoms with E-state index in [-0.39, 0.29) is 5.92 Å². The summed E-state index contributed by atoms with van der Waals surface area (Å²) in [5.74, 6) is 1.20. The van der Waals surface area contributed by atoms with Crippen molar-refractivity contribution in [1.82, 2.24) is 0 Å². The van der Waals surface area contributed by atoms with Crippen LogP contribution in [0.2, 0.25) is 0 Å². The van der Waals surface area contributed by atoms with Crippen LogP contribution in [-0.4, -0.2) is 0 Å². The first kappa shape index (κ1) is 16.4. The number of rotatable bonds is 2. The third-order valence-corrected chi connectivity index (χ3v) is 6.13. The van der Waals surface area contributed by atoms with Crippen molar-refractivity contribution in [2.75, 3.05) is 0 Å². The second-order valence-corrected chi connectivity index (χ2v) is 7.85. The van der Waals surface area contributed by atoms with Crippen molar-refractivity contribution in [3.8, 4) is 11.3 Å². The van der Waals surface area contributed by atoms with E-state index in [0.717, 1.165) is 11.3 Å². The third kappa shape index (κ3) is 2.48. The zero-order valence-corrected chi connectivity index (χ0v) is 16.2. The average Bonchev–Trinajstić information content (AvgIpc) is 3.39. The Balaban J connectivity index is 1.72. The van der Waals surface area contributed by atoms with Crippen LogP contribution in [0.3, 0.4) is 0 Å². The molecular weight excluding hydrogens is 352 g/mol. The highest BCUT2D eigenvalue weighted by molar-refractivity contribution is 6.10. The lowest BCUT2D eigenvalue weighted by Crippen LogP contribution is -1.99. The van der Waals surface area contributed by atoms with Gasteiger partial charge in [-0.25, -0.2) is 0 Å². The standard InChI is InChI=1S/C28H20O/c1-18-14-15-29-28(18)22-16-21-11-10-20-7-3-5-9-24(20)27(21)26(17-22)25-13-12-19-6-2-4-8-23(19)25/h2-17,25H,1H3. The number of fused-ring (bicyclic) bond motifs is 4. The van der Waals surface area contributed by atoms with Gasteiger partial charge < -0.3 is 4.42 Å². The van der Waals surface area contributed by atoms with E-state index in [0.29, 0.717) is 0 Å². The van der Waals surface area contributed by atoms with E-state index in [2.05, 4.69) is 91.9 Å². The van der Waals surface area contributed by atoms with Crippen molar-refractivity contribution in [2.45, 2.75) is 12.8 Å². The van der Waals surface area contributed by atoms with Gasteiger partial charge >= 0.3 is 0 Å². The molecule has 1 heterocycles. The van der Waals surface area contributed by atoms with E-state index in [1.165, 1.54) is 43.8 Å². The van der Waals surface area contributed by atoms with Crippen LogP contribution in [0.25, 0.3) is 38.9 Å². The second-order valence-electron chi connectivity index (χ2n) is 7.85. The molecule has 5 aromatic rings. The molecule has 6 rings (SSSR count). The molecule has 4 aromatic carbocycles. The fourth-order valence-corrected chi connectivity index (χ4v) is 4.75. The highest BCUT2D eigenvalue weighted by Crippen LogP contribution is 2.43. The van der Waals surface area contributed by atoms with Gasteiger partial charge in [0.1, 0.15) is 5.76 Å². The zero-order chi connectivity index (χ0) is 19.4. The van der Waals surface area contributed by atoms with Gasteiger partial charge in [-0.3, -0.25) is 0 Å². The molecule has 0 fully saturated rings. The first-order chi connectivity index (χ1) is 14.3. The van der Waals surface area contributed by atoms with Gasteiger partial charge in [-0.1, -0.05) is 72.8 Å². The fourth-order valence-electron chi connectivity index (χ4n) is 4.75. The minimum absolute atomic E-state index is 0.245.